The number of phenolic OH excluding ortho intramolecular Hbond substituents is 1. The first-order valence-corrected chi connectivity index (χ1v) is 16.3. The van der Waals surface area contributed by atoms with E-state index in [0.29, 0.717) is 31.6 Å². The quantitative estimate of drug-likeness (QED) is 0.311. The highest BCUT2D eigenvalue weighted by atomic mass is 16.5. The summed E-state index contributed by atoms with van der Waals surface area (Å²) in [5, 5.41) is 43.2. The maximum Gasteiger partial charge on any atom is 0.331 e. The van der Waals surface area contributed by atoms with Gasteiger partial charge in [-0.2, -0.15) is 0 Å². The number of hydrogen-bond donors (Lipinski definition) is 4. The van der Waals surface area contributed by atoms with Crippen molar-refractivity contribution >= 4 is 17.9 Å². The number of esters is 2. The van der Waals surface area contributed by atoms with Crippen molar-refractivity contribution in [3.63, 3.8) is 0 Å². The van der Waals surface area contributed by atoms with Crippen molar-refractivity contribution in [2.75, 3.05) is 6.61 Å². The van der Waals surface area contributed by atoms with Crippen LogP contribution >= 0.6 is 0 Å². The molecule has 44 heavy (non-hydrogen) atoms. The molecule has 9 heteroatoms. The monoisotopic (exact) mass is 610 g/mol. The van der Waals surface area contributed by atoms with E-state index in [4.69, 9.17) is 9.47 Å². The topological polar surface area (TPSA) is 151 Å². The Morgan fingerprint density at radius 1 is 1.02 bits per heavy atom. The smallest absolute Gasteiger partial charge is 0.331 e. The van der Waals surface area contributed by atoms with Crippen LogP contribution in [0.2, 0.25) is 0 Å². The largest absolute Gasteiger partial charge is 0.508 e. The second-order valence-electron chi connectivity index (χ2n) is 14.8. The van der Waals surface area contributed by atoms with E-state index in [1.807, 2.05) is 6.92 Å². The summed E-state index contributed by atoms with van der Waals surface area (Å²) in [5.74, 6) is -1.56. The van der Waals surface area contributed by atoms with Crippen LogP contribution in [0.15, 0.2) is 35.9 Å². The number of fused-ring (bicyclic) bond motifs is 5. The van der Waals surface area contributed by atoms with E-state index in [1.165, 1.54) is 0 Å². The molecule has 0 spiro atoms. The third-order valence-electron chi connectivity index (χ3n) is 12.7. The second kappa shape index (κ2) is 11.5. The Bertz CT molecular complexity index is 1320. The van der Waals surface area contributed by atoms with E-state index in [-0.39, 0.29) is 66.4 Å². The third kappa shape index (κ3) is 5.23. The molecule has 0 bridgehead atoms. The van der Waals surface area contributed by atoms with Crippen LogP contribution in [0.3, 0.4) is 0 Å². The van der Waals surface area contributed by atoms with Gasteiger partial charge in [-0.15, -0.1) is 0 Å². The van der Waals surface area contributed by atoms with Crippen molar-refractivity contribution < 1.29 is 44.3 Å². The van der Waals surface area contributed by atoms with Gasteiger partial charge in [-0.05, 0) is 116 Å². The van der Waals surface area contributed by atoms with Gasteiger partial charge in [-0.25, -0.2) is 4.79 Å². The number of carbonyl (C=O) groups excluding carboxylic acids is 2. The minimum absolute atomic E-state index is 0.0162. The molecule has 9 nitrogen and oxygen atoms in total. The number of cyclic esters (lactones) is 1. The van der Waals surface area contributed by atoms with E-state index < -0.39 is 29.0 Å². The summed E-state index contributed by atoms with van der Waals surface area (Å²) in [6.45, 7) is 4.55. The summed E-state index contributed by atoms with van der Waals surface area (Å²) >= 11 is 0. The summed E-state index contributed by atoms with van der Waals surface area (Å²) < 4.78 is 11.2. The van der Waals surface area contributed by atoms with Gasteiger partial charge >= 0.3 is 17.9 Å². The van der Waals surface area contributed by atoms with Gasteiger partial charge in [0.05, 0.1) is 11.7 Å². The molecule has 4 N–H and O–H groups in total. The predicted molar refractivity (Wildman–Crippen MR) is 159 cm³/mol. The molecule has 4 saturated carbocycles. The molecule has 1 aromatic rings. The van der Waals surface area contributed by atoms with E-state index in [1.54, 1.807) is 30.3 Å². The number of aliphatic hydroxyl groups excluding tert-OH is 1. The molecule has 240 valence electrons. The van der Waals surface area contributed by atoms with Crippen LogP contribution in [-0.2, 0) is 30.3 Å². The van der Waals surface area contributed by atoms with Crippen LogP contribution in [0.4, 0.5) is 0 Å². The van der Waals surface area contributed by atoms with E-state index in [9.17, 15) is 34.8 Å². The maximum absolute atomic E-state index is 13.1. The molecule has 10 atom stereocenters. The Hall–Kier alpha value is -2.91. The van der Waals surface area contributed by atoms with Gasteiger partial charge in [0.2, 0.25) is 0 Å². The molecule has 5 aliphatic rings. The standard InChI is InChI=1S/C35H46O9/c1-33-11-9-25(44-32(41)15-21(14-30(38)39)13-20-3-6-24(36)7-4-20)17-23(33)5-8-27-28(33)18-29(37)34(2)26(10-12-35(27,34)42)22-16-31(40)43-19-22/h3-4,6-7,16,21,23,25-29,36-37,42H,5,8-15,17-19H2,1-2H3,(H,38,39)/t21?,23-,25+,26-,27-,28+,29-,33+,34+,35+/m1/s1. The molecule has 0 aromatic heterocycles. The zero-order valence-corrected chi connectivity index (χ0v) is 25.7. The van der Waals surface area contributed by atoms with Gasteiger partial charge in [-0.1, -0.05) is 26.0 Å². The Labute approximate surface area is 258 Å². The lowest BCUT2D eigenvalue weighted by molar-refractivity contribution is -0.245. The van der Waals surface area contributed by atoms with Gasteiger partial charge < -0.3 is 29.9 Å². The fourth-order valence-corrected chi connectivity index (χ4v) is 10.4. The third-order valence-corrected chi connectivity index (χ3v) is 12.7. The number of aromatic hydroxyl groups is 1. The summed E-state index contributed by atoms with van der Waals surface area (Å²) in [6, 6.07) is 6.59. The molecular formula is C35H46O9. The normalized spacial score (nSPS) is 40.2. The number of ether oxygens (including phenoxy) is 2. The number of benzene rings is 1. The van der Waals surface area contributed by atoms with Crippen molar-refractivity contribution in [2.45, 2.75) is 102 Å². The van der Waals surface area contributed by atoms with Crippen molar-refractivity contribution in [1.82, 2.24) is 0 Å². The molecule has 1 aromatic carbocycles. The summed E-state index contributed by atoms with van der Waals surface area (Å²) in [6.07, 6.45) is 6.84. The number of carboxylic acids is 1. The fourth-order valence-electron chi connectivity index (χ4n) is 10.4. The molecule has 0 amide bonds. The van der Waals surface area contributed by atoms with Crippen LogP contribution in [0.1, 0.15) is 83.6 Å². The molecule has 0 radical (unpaired) electrons. The van der Waals surface area contributed by atoms with E-state index >= 15 is 0 Å². The Balaban J connectivity index is 1.11. The molecule has 4 aliphatic carbocycles. The van der Waals surface area contributed by atoms with Gasteiger partial charge in [0.25, 0.3) is 0 Å². The van der Waals surface area contributed by atoms with Crippen molar-refractivity contribution in [3.8, 4) is 5.75 Å². The molecule has 1 unspecified atom stereocenters. The minimum Gasteiger partial charge on any atom is -0.508 e. The zero-order chi connectivity index (χ0) is 31.4. The molecular weight excluding hydrogens is 564 g/mol. The highest BCUT2D eigenvalue weighted by molar-refractivity contribution is 5.85. The lowest BCUT2D eigenvalue weighted by atomic mass is 9.42. The predicted octanol–water partition coefficient (Wildman–Crippen LogP) is 4.56. The SMILES string of the molecule is C[C@]12CC[C@H](OC(=O)CC(CC(=O)O)Cc3ccc(O)cc3)C[C@H]1CC[C@@H]1[C@@H]2C[C@@H](O)[C@]2(C)[C@@H](C3=CC(=O)OC3)CC[C@]12O. The van der Waals surface area contributed by atoms with Gasteiger partial charge in [0, 0.05) is 24.3 Å². The second-order valence-corrected chi connectivity index (χ2v) is 14.8. The van der Waals surface area contributed by atoms with Crippen molar-refractivity contribution in [3.05, 3.63) is 41.5 Å². The van der Waals surface area contributed by atoms with Crippen LogP contribution in [0.25, 0.3) is 0 Å². The summed E-state index contributed by atoms with van der Waals surface area (Å²) in [5.41, 5.74) is -0.119. The Morgan fingerprint density at radius 2 is 1.77 bits per heavy atom. The number of hydrogen-bond acceptors (Lipinski definition) is 8. The lowest BCUT2D eigenvalue weighted by Gasteiger charge is -2.65. The Kier molecular flexibility index (Phi) is 8.10. The van der Waals surface area contributed by atoms with Crippen LogP contribution in [-0.4, -0.2) is 62.7 Å². The van der Waals surface area contributed by atoms with Gasteiger partial charge in [-0.3, -0.25) is 9.59 Å². The van der Waals surface area contributed by atoms with Crippen LogP contribution in [0, 0.1) is 40.4 Å². The number of carboxylic acid groups (broad SMARTS) is 1. The number of aliphatic carboxylic acids is 1. The first kappa shape index (κ1) is 31.1. The first-order valence-electron chi connectivity index (χ1n) is 16.3. The minimum atomic E-state index is -1.03. The molecule has 1 heterocycles. The zero-order valence-electron chi connectivity index (χ0n) is 25.7. The van der Waals surface area contributed by atoms with Gasteiger partial charge in [0.1, 0.15) is 18.5 Å². The highest BCUT2D eigenvalue weighted by Gasteiger charge is 2.70. The number of rotatable bonds is 8. The molecule has 1 aliphatic heterocycles. The number of aliphatic hydroxyl groups is 2. The van der Waals surface area contributed by atoms with E-state index in [0.717, 1.165) is 43.2 Å². The van der Waals surface area contributed by atoms with E-state index in [2.05, 4.69) is 6.92 Å². The highest BCUT2D eigenvalue weighted by Crippen LogP contribution is 2.70. The van der Waals surface area contributed by atoms with Gasteiger partial charge in [0.15, 0.2) is 0 Å². The number of phenols is 1. The average Bonchev–Trinajstić information content (AvgIpc) is 3.51. The first-order chi connectivity index (χ1) is 20.8. The molecule has 4 fully saturated rings. The van der Waals surface area contributed by atoms with Crippen molar-refractivity contribution in [1.29, 1.82) is 0 Å². The molecule has 6 rings (SSSR count). The summed E-state index contributed by atoms with van der Waals surface area (Å²) in [7, 11) is 0. The summed E-state index contributed by atoms with van der Waals surface area (Å²) in [4.78, 5) is 36.4. The maximum atomic E-state index is 13.1. The van der Waals surface area contributed by atoms with Crippen LogP contribution in [0.5, 0.6) is 5.75 Å². The molecule has 0 saturated heterocycles. The average molecular weight is 611 g/mol. The fraction of sp³-hybridized carbons (Fsp3) is 0.686. The lowest BCUT2D eigenvalue weighted by Crippen LogP contribution is -2.67. The van der Waals surface area contributed by atoms with Crippen molar-refractivity contribution in [2.24, 2.45) is 40.4 Å². The Morgan fingerprint density at radius 3 is 2.45 bits per heavy atom. The van der Waals surface area contributed by atoms with Crippen LogP contribution < -0.4 is 0 Å². The number of carbonyl (C=O) groups is 3.